The van der Waals surface area contributed by atoms with E-state index in [0.29, 0.717) is 30.0 Å². The number of nitrogens with one attached hydrogen (secondary N) is 1. The lowest BCUT2D eigenvalue weighted by molar-refractivity contribution is -0.857. The van der Waals surface area contributed by atoms with Gasteiger partial charge in [-0.1, -0.05) is 6.07 Å². The molecule has 1 aromatic heterocycles. The molecular weight excluding hydrogens is 394 g/mol. The number of pyridine rings is 1. The summed E-state index contributed by atoms with van der Waals surface area (Å²) in [5, 5.41) is 11.1. The molecule has 1 atom stereocenters. The minimum atomic E-state index is -0.681. The summed E-state index contributed by atoms with van der Waals surface area (Å²) in [6.45, 7) is 6.83. The fraction of sp³-hybridized carbons (Fsp3) is 0.375. The number of carbonyl (C=O) groups is 2. The van der Waals surface area contributed by atoms with Gasteiger partial charge < -0.3 is 19.6 Å². The van der Waals surface area contributed by atoms with Crippen molar-refractivity contribution in [2.45, 2.75) is 32.9 Å². The largest absolute Gasteiger partial charge is 0.507 e. The Morgan fingerprint density at radius 2 is 2.00 bits per heavy atom. The number of quaternary nitrogens is 1. The molecule has 1 aromatic carbocycles. The predicted octanol–water partition coefficient (Wildman–Crippen LogP) is 1.74. The molecule has 2 aromatic rings. The van der Waals surface area contributed by atoms with Crippen molar-refractivity contribution in [2.24, 2.45) is 0 Å². The monoisotopic (exact) mass is 424 g/mol. The number of amides is 1. The van der Waals surface area contributed by atoms with Crippen molar-refractivity contribution in [1.82, 2.24) is 9.88 Å². The summed E-state index contributed by atoms with van der Waals surface area (Å²) >= 11 is 0. The maximum Gasteiger partial charge on any atom is 0.295 e. The van der Waals surface area contributed by atoms with Crippen LogP contribution in [-0.4, -0.2) is 60.0 Å². The number of aromatic nitrogens is 1. The number of hydrogen-bond acceptors (Lipinski definition) is 5. The summed E-state index contributed by atoms with van der Waals surface area (Å²) < 4.78 is 5.77. The third kappa shape index (κ3) is 4.77. The molecule has 0 radical (unpaired) electrons. The first-order valence-corrected chi connectivity index (χ1v) is 10.5. The second kappa shape index (κ2) is 9.31. The Kier molecular flexibility index (Phi) is 6.75. The molecular formula is C24H30N3O4+. The Morgan fingerprint density at radius 1 is 1.26 bits per heavy atom. The average molecular weight is 425 g/mol. The standard InChI is InChI=1S/C24H29N3O4/c1-15(2)31-19-9-8-17(13-16(19)3)22(28)20-21(18-7-6-10-25-14-18)27(12-11-26(4)5)24(30)23(20)29/h6-10,13-15,21,28H,11-12H2,1-5H3/p+1/t21-/m1/s1. The number of hydrogen-bond donors (Lipinski definition) is 2. The quantitative estimate of drug-likeness (QED) is 0.402. The molecule has 0 unspecified atom stereocenters. The Balaban J connectivity index is 2.09. The lowest BCUT2D eigenvalue weighted by Crippen LogP contribution is -3.06. The normalized spacial score (nSPS) is 18.3. The number of ketones is 1. The summed E-state index contributed by atoms with van der Waals surface area (Å²) in [5.74, 6) is -0.760. The highest BCUT2D eigenvalue weighted by Gasteiger charge is 2.46. The van der Waals surface area contributed by atoms with Gasteiger partial charge in [0, 0.05) is 18.0 Å². The fourth-order valence-corrected chi connectivity index (χ4v) is 3.68. The molecule has 1 aliphatic heterocycles. The van der Waals surface area contributed by atoms with Crippen LogP contribution in [0.2, 0.25) is 0 Å². The first-order chi connectivity index (χ1) is 14.7. The molecule has 7 heteroatoms. The molecule has 1 saturated heterocycles. The van der Waals surface area contributed by atoms with Gasteiger partial charge in [0.25, 0.3) is 11.7 Å². The maximum atomic E-state index is 13.0. The van der Waals surface area contributed by atoms with E-state index < -0.39 is 17.7 Å². The zero-order chi connectivity index (χ0) is 22.7. The van der Waals surface area contributed by atoms with Gasteiger partial charge in [0.05, 0.1) is 44.9 Å². The molecule has 0 bridgehead atoms. The highest BCUT2D eigenvalue weighted by Crippen LogP contribution is 2.39. The van der Waals surface area contributed by atoms with E-state index in [1.807, 2.05) is 40.9 Å². The topological polar surface area (TPSA) is 84.2 Å². The summed E-state index contributed by atoms with van der Waals surface area (Å²) in [5.41, 5.74) is 2.08. The number of likely N-dealkylation sites (tertiary alicyclic amines) is 1. The maximum absolute atomic E-state index is 13.0. The lowest BCUT2D eigenvalue weighted by atomic mass is 9.95. The van der Waals surface area contributed by atoms with E-state index in [0.717, 1.165) is 10.5 Å². The molecule has 1 amide bonds. The number of carbonyl (C=O) groups excluding carboxylic acids is 2. The Bertz CT molecular complexity index is 999. The van der Waals surface area contributed by atoms with E-state index in [1.165, 1.54) is 4.90 Å². The molecule has 1 aliphatic rings. The summed E-state index contributed by atoms with van der Waals surface area (Å²) in [6.07, 6.45) is 3.29. The second-order valence-electron chi connectivity index (χ2n) is 8.38. The van der Waals surface area contributed by atoms with Crippen LogP contribution < -0.4 is 9.64 Å². The number of likely N-dealkylation sites (N-methyl/N-ethyl adjacent to an activating group) is 1. The van der Waals surface area contributed by atoms with Crippen LogP contribution in [0, 0.1) is 6.92 Å². The van der Waals surface area contributed by atoms with Crippen molar-refractivity contribution in [3.8, 4) is 5.75 Å². The van der Waals surface area contributed by atoms with Crippen molar-refractivity contribution < 1.29 is 24.3 Å². The molecule has 0 saturated carbocycles. The highest BCUT2D eigenvalue weighted by molar-refractivity contribution is 6.46. The Labute approximate surface area is 183 Å². The number of aliphatic hydroxyl groups is 1. The van der Waals surface area contributed by atoms with E-state index in [2.05, 4.69) is 4.98 Å². The van der Waals surface area contributed by atoms with Crippen molar-refractivity contribution in [2.75, 3.05) is 27.2 Å². The van der Waals surface area contributed by atoms with Gasteiger partial charge in [0.15, 0.2) is 0 Å². The van der Waals surface area contributed by atoms with Gasteiger partial charge in [-0.15, -0.1) is 0 Å². The van der Waals surface area contributed by atoms with Gasteiger partial charge in [-0.05, 0) is 56.2 Å². The van der Waals surface area contributed by atoms with Gasteiger partial charge in [-0.2, -0.15) is 0 Å². The number of nitrogens with zero attached hydrogens (tertiary/aromatic N) is 2. The van der Waals surface area contributed by atoms with Crippen LogP contribution in [0.15, 0.2) is 48.3 Å². The van der Waals surface area contributed by atoms with Crippen LogP contribution in [-0.2, 0) is 9.59 Å². The van der Waals surface area contributed by atoms with Crippen LogP contribution in [0.25, 0.3) is 5.76 Å². The third-order valence-electron chi connectivity index (χ3n) is 5.20. The average Bonchev–Trinajstić information content (AvgIpc) is 2.98. The van der Waals surface area contributed by atoms with E-state index in [1.54, 1.807) is 36.7 Å². The van der Waals surface area contributed by atoms with Gasteiger partial charge >= 0.3 is 0 Å². The zero-order valence-electron chi connectivity index (χ0n) is 18.7. The van der Waals surface area contributed by atoms with E-state index in [4.69, 9.17) is 4.74 Å². The van der Waals surface area contributed by atoms with Crippen LogP contribution in [0.4, 0.5) is 0 Å². The molecule has 2 N–H and O–H groups in total. The number of rotatable bonds is 7. The summed E-state index contributed by atoms with van der Waals surface area (Å²) in [7, 11) is 3.97. The lowest BCUT2D eigenvalue weighted by Gasteiger charge is -2.25. The number of Topliss-reactive ketones (excluding diaryl/α,β-unsaturated/α-hetero) is 1. The van der Waals surface area contributed by atoms with E-state index >= 15 is 0 Å². The molecule has 0 spiro atoms. The predicted molar refractivity (Wildman–Crippen MR) is 118 cm³/mol. The SMILES string of the molecule is Cc1cc(C(O)=C2C(=O)C(=O)N(CC[NH+](C)C)[C@@H]2c2cccnc2)ccc1OC(C)C. The van der Waals surface area contributed by atoms with Crippen molar-refractivity contribution in [3.63, 3.8) is 0 Å². The second-order valence-corrected chi connectivity index (χ2v) is 8.38. The number of ether oxygens (including phenoxy) is 1. The van der Waals surface area contributed by atoms with Crippen molar-refractivity contribution in [1.29, 1.82) is 0 Å². The van der Waals surface area contributed by atoms with Crippen molar-refractivity contribution in [3.05, 3.63) is 65.0 Å². The van der Waals surface area contributed by atoms with Crippen LogP contribution >= 0.6 is 0 Å². The number of aryl methyl sites for hydroxylation is 1. The fourth-order valence-electron chi connectivity index (χ4n) is 3.68. The van der Waals surface area contributed by atoms with Crippen LogP contribution in [0.1, 0.15) is 36.6 Å². The minimum absolute atomic E-state index is 0.0212. The highest BCUT2D eigenvalue weighted by atomic mass is 16.5. The van der Waals surface area contributed by atoms with E-state index in [9.17, 15) is 14.7 Å². The Morgan fingerprint density at radius 3 is 2.58 bits per heavy atom. The van der Waals surface area contributed by atoms with E-state index in [-0.39, 0.29) is 17.4 Å². The number of aliphatic hydroxyl groups excluding tert-OH is 1. The van der Waals surface area contributed by atoms with Gasteiger partial charge in [-0.25, -0.2) is 0 Å². The zero-order valence-corrected chi connectivity index (χ0v) is 18.7. The minimum Gasteiger partial charge on any atom is -0.507 e. The molecule has 1 fully saturated rings. The first-order valence-electron chi connectivity index (χ1n) is 10.5. The van der Waals surface area contributed by atoms with Gasteiger partial charge in [0.2, 0.25) is 0 Å². The molecule has 3 rings (SSSR count). The number of benzene rings is 1. The summed E-state index contributed by atoms with van der Waals surface area (Å²) in [4.78, 5) is 32.7. The molecule has 2 heterocycles. The smallest absolute Gasteiger partial charge is 0.295 e. The molecule has 164 valence electrons. The third-order valence-corrected chi connectivity index (χ3v) is 5.20. The molecule has 31 heavy (non-hydrogen) atoms. The van der Waals surface area contributed by atoms with Crippen molar-refractivity contribution >= 4 is 17.4 Å². The molecule has 0 aliphatic carbocycles. The molecule has 7 nitrogen and oxygen atoms in total. The summed E-state index contributed by atoms with van der Waals surface area (Å²) in [6, 6.07) is 8.14. The van der Waals surface area contributed by atoms with Gasteiger partial charge in [0.1, 0.15) is 11.5 Å². The van der Waals surface area contributed by atoms with Crippen LogP contribution in [0.5, 0.6) is 5.75 Å². The van der Waals surface area contributed by atoms with Crippen LogP contribution in [0.3, 0.4) is 0 Å². The Hall–Kier alpha value is -3.19. The first kappa shape index (κ1) is 22.5. The van der Waals surface area contributed by atoms with Gasteiger partial charge in [-0.3, -0.25) is 14.6 Å².